The number of benzene rings is 2. The van der Waals surface area contributed by atoms with E-state index in [1.54, 1.807) is 17.0 Å². The Morgan fingerprint density at radius 2 is 1.77 bits per heavy atom. The molecule has 3 atom stereocenters. The molecule has 2 saturated heterocycles. The van der Waals surface area contributed by atoms with E-state index < -0.39 is 23.4 Å². The minimum atomic E-state index is -4.56. The van der Waals surface area contributed by atoms with Crippen molar-refractivity contribution in [2.45, 2.75) is 25.7 Å². The van der Waals surface area contributed by atoms with Gasteiger partial charge < -0.3 is 4.90 Å². The largest absolute Gasteiger partial charge is 0.416 e. The Labute approximate surface area is 171 Å². The van der Waals surface area contributed by atoms with Gasteiger partial charge in [0.25, 0.3) is 0 Å². The molecule has 2 aliphatic heterocycles. The predicted octanol–water partition coefficient (Wildman–Crippen LogP) is 4.64. The average molecular weight is 424 g/mol. The molecule has 0 spiro atoms. The van der Waals surface area contributed by atoms with E-state index in [9.17, 15) is 26.7 Å². The van der Waals surface area contributed by atoms with E-state index in [0.717, 1.165) is 18.2 Å². The van der Waals surface area contributed by atoms with Crippen molar-refractivity contribution < 1.29 is 26.7 Å². The van der Waals surface area contributed by atoms with Gasteiger partial charge in [-0.15, -0.1) is 0 Å². The van der Waals surface area contributed by atoms with E-state index in [1.807, 2.05) is 4.90 Å². The van der Waals surface area contributed by atoms with Crippen molar-refractivity contribution in [3.63, 3.8) is 0 Å². The van der Waals surface area contributed by atoms with Crippen molar-refractivity contribution in [3.8, 4) is 0 Å². The molecule has 8 heteroatoms. The minimum Gasteiger partial charge on any atom is -0.335 e. The fourth-order valence-electron chi connectivity index (χ4n) is 4.92. The summed E-state index contributed by atoms with van der Waals surface area (Å²) in [7, 11) is 0. The van der Waals surface area contributed by atoms with Crippen LogP contribution in [0.2, 0.25) is 0 Å². The first kappa shape index (κ1) is 20.8. The summed E-state index contributed by atoms with van der Waals surface area (Å²) in [4.78, 5) is 15.7. The van der Waals surface area contributed by atoms with Gasteiger partial charge in [-0.25, -0.2) is 8.78 Å². The van der Waals surface area contributed by atoms with Crippen LogP contribution in [0, 0.1) is 23.5 Å². The monoisotopic (exact) mass is 424 g/mol. The van der Waals surface area contributed by atoms with Gasteiger partial charge in [-0.1, -0.05) is 12.1 Å². The summed E-state index contributed by atoms with van der Waals surface area (Å²) < 4.78 is 67.4. The lowest BCUT2D eigenvalue weighted by atomic mass is 9.89. The second-order valence-electron chi connectivity index (χ2n) is 8.09. The van der Waals surface area contributed by atoms with E-state index in [2.05, 4.69) is 0 Å². The van der Waals surface area contributed by atoms with Gasteiger partial charge in [0.2, 0.25) is 5.91 Å². The number of nitrogens with zero attached hydrogens (tertiary/aromatic N) is 2. The molecule has 0 aromatic heterocycles. The zero-order valence-corrected chi connectivity index (χ0v) is 16.3. The third-order valence-corrected chi connectivity index (χ3v) is 6.10. The number of hydrogen-bond acceptors (Lipinski definition) is 2. The van der Waals surface area contributed by atoms with Crippen LogP contribution in [0.5, 0.6) is 0 Å². The predicted molar refractivity (Wildman–Crippen MR) is 100 cm³/mol. The molecule has 4 rings (SSSR count). The Balaban J connectivity index is 1.58. The lowest BCUT2D eigenvalue weighted by molar-refractivity contribution is -0.138. The van der Waals surface area contributed by atoms with E-state index in [4.69, 9.17) is 0 Å². The summed E-state index contributed by atoms with van der Waals surface area (Å²) in [6.45, 7) is 2.84. The highest BCUT2D eigenvalue weighted by Crippen LogP contribution is 2.45. The van der Waals surface area contributed by atoms with Crippen LogP contribution in [0.4, 0.5) is 22.0 Å². The molecule has 0 bridgehead atoms. The first-order valence-electron chi connectivity index (χ1n) is 9.74. The molecule has 1 amide bonds. The van der Waals surface area contributed by atoms with Gasteiger partial charge in [0.1, 0.15) is 11.6 Å². The maximum atomic E-state index is 13.8. The number of likely N-dealkylation sites (tertiary alicyclic amines) is 2. The van der Waals surface area contributed by atoms with Crippen molar-refractivity contribution >= 4 is 5.91 Å². The molecule has 0 aliphatic carbocycles. The van der Waals surface area contributed by atoms with Crippen LogP contribution < -0.4 is 0 Å². The number of alkyl halides is 3. The minimum absolute atomic E-state index is 0.0291. The second kappa shape index (κ2) is 7.65. The summed E-state index contributed by atoms with van der Waals surface area (Å²) in [6, 6.07) is 8.28. The van der Waals surface area contributed by atoms with Gasteiger partial charge in [0, 0.05) is 39.0 Å². The zero-order chi connectivity index (χ0) is 21.6. The standard InChI is InChI=1S/C22H21F5N2O/c1-13(30)29-11-16-10-28(9-15-8-18(24)5-6-20(15)22(25,26)27)12-19(16)21(29)14-3-2-4-17(23)7-14/h2-8,16,19,21H,9-12H2,1H3/t16-,19-,21-/m1/s1. The Hall–Kier alpha value is -2.48. The third-order valence-electron chi connectivity index (χ3n) is 6.10. The van der Waals surface area contributed by atoms with Crippen LogP contribution in [-0.2, 0) is 17.5 Å². The van der Waals surface area contributed by atoms with Crippen LogP contribution in [-0.4, -0.2) is 35.3 Å². The van der Waals surface area contributed by atoms with Gasteiger partial charge in [-0.2, -0.15) is 13.2 Å². The molecule has 2 fully saturated rings. The van der Waals surface area contributed by atoms with Gasteiger partial charge in [-0.05, 0) is 47.4 Å². The number of fused-ring (bicyclic) bond motifs is 1. The van der Waals surface area contributed by atoms with Crippen LogP contribution in [0.25, 0.3) is 0 Å². The van der Waals surface area contributed by atoms with Crippen molar-refractivity contribution in [1.29, 1.82) is 0 Å². The lowest BCUT2D eigenvalue weighted by Crippen LogP contribution is -2.34. The fourth-order valence-corrected chi connectivity index (χ4v) is 4.92. The lowest BCUT2D eigenvalue weighted by Gasteiger charge is -2.29. The smallest absolute Gasteiger partial charge is 0.335 e. The number of carbonyl (C=O) groups excluding carboxylic acids is 1. The molecule has 2 aliphatic rings. The Morgan fingerprint density at radius 1 is 1.03 bits per heavy atom. The summed E-state index contributed by atoms with van der Waals surface area (Å²) in [5.74, 6) is -1.19. The maximum absolute atomic E-state index is 13.8. The maximum Gasteiger partial charge on any atom is 0.416 e. The normalized spacial score (nSPS) is 24.3. The molecule has 0 saturated carbocycles. The van der Waals surface area contributed by atoms with Crippen LogP contribution in [0.1, 0.15) is 29.7 Å². The third kappa shape index (κ3) is 3.93. The Morgan fingerprint density at radius 3 is 2.43 bits per heavy atom. The van der Waals surface area contributed by atoms with Gasteiger partial charge in [0.15, 0.2) is 0 Å². The van der Waals surface area contributed by atoms with Gasteiger partial charge >= 0.3 is 6.18 Å². The quantitative estimate of drug-likeness (QED) is 0.671. The highest BCUT2D eigenvalue weighted by Gasteiger charge is 2.48. The van der Waals surface area contributed by atoms with Crippen molar-refractivity contribution in [2.75, 3.05) is 19.6 Å². The number of hydrogen-bond donors (Lipinski definition) is 0. The van der Waals surface area contributed by atoms with Gasteiger partial charge in [-0.3, -0.25) is 9.69 Å². The SMILES string of the molecule is CC(=O)N1C[C@H]2CN(Cc3cc(F)ccc3C(F)(F)F)C[C@H]2[C@H]1c1cccc(F)c1. The highest BCUT2D eigenvalue weighted by atomic mass is 19.4. The van der Waals surface area contributed by atoms with Crippen molar-refractivity contribution in [1.82, 2.24) is 9.80 Å². The number of carbonyl (C=O) groups is 1. The molecule has 2 aromatic rings. The number of amides is 1. The van der Waals surface area contributed by atoms with Crippen molar-refractivity contribution in [2.24, 2.45) is 11.8 Å². The summed E-state index contributed by atoms with van der Waals surface area (Å²) in [5.41, 5.74) is -0.262. The van der Waals surface area contributed by atoms with E-state index in [0.29, 0.717) is 25.2 Å². The summed E-state index contributed by atoms with van der Waals surface area (Å²) >= 11 is 0. The fraction of sp³-hybridized carbons (Fsp3) is 0.409. The molecular weight excluding hydrogens is 403 g/mol. The van der Waals surface area contributed by atoms with E-state index >= 15 is 0 Å². The molecule has 160 valence electrons. The van der Waals surface area contributed by atoms with Crippen LogP contribution >= 0.6 is 0 Å². The molecular formula is C22H21F5N2O. The van der Waals surface area contributed by atoms with E-state index in [-0.39, 0.29) is 35.9 Å². The second-order valence-corrected chi connectivity index (χ2v) is 8.09. The highest BCUT2D eigenvalue weighted by molar-refractivity contribution is 5.74. The molecule has 3 nitrogen and oxygen atoms in total. The summed E-state index contributed by atoms with van der Waals surface area (Å²) in [5, 5.41) is 0. The molecule has 0 radical (unpaired) electrons. The molecule has 30 heavy (non-hydrogen) atoms. The topological polar surface area (TPSA) is 23.6 Å². The van der Waals surface area contributed by atoms with Crippen LogP contribution in [0.3, 0.4) is 0 Å². The molecule has 0 N–H and O–H groups in total. The van der Waals surface area contributed by atoms with Gasteiger partial charge in [0.05, 0.1) is 11.6 Å². The summed E-state index contributed by atoms with van der Waals surface area (Å²) in [6.07, 6.45) is -4.56. The average Bonchev–Trinajstić information content (AvgIpc) is 3.17. The van der Waals surface area contributed by atoms with Crippen molar-refractivity contribution in [3.05, 3.63) is 70.8 Å². The first-order chi connectivity index (χ1) is 14.1. The zero-order valence-electron chi connectivity index (χ0n) is 16.3. The Kier molecular flexibility index (Phi) is 5.30. The number of rotatable bonds is 3. The first-order valence-corrected chi connectivity index (χ1v) is 9.74. The molecule has 2 heterocycles. The number of halogens is 5. The Bertz CT molecular complexity index is 961. The molecule has 0 unspecified atom stereocenters. The molecule has 2 aromatic carbocycles. The van der Waals surface area contributed by atoms with E-state index in [1.165, 1.54) is 19.1 Å². The van der Waals surface area contributed by atoms with Crippen LogP contribution in [0.15, 0.2) is 42.5 Å².